The van der Waals surface area contributed by atoms with E-state index in [1.807, 2.05) is 20.9 Å². The molecular formula is C10H22N2O3S. The standard InChI is InChI=1S/C10H22N2O3S/c1-9(2)15-6-7-16(13,14)12-5-4-10(8-12)11-3/h9-11H,4-8H2,1-3H3. The first kappa shape index (κ1) is 13.9. The lowest BCUT2D eigenvalue weighted by Gasteiger charge is -2.17. The van der Waals surface area contributed by atoms with Crippen LogP contribution in [0.25, 0.3) is 0 Å². The SMILES string of the molecule is CNC1CCN(S(=O)(=O)CCOC(C)C)C1. The first-order valence-electron chi connectivity index (χ1n) is 5.72. The maximum Gasteiger partial charge on any atom is 0.216 e. The van der Waals surface area contributed by atoms with Crippen LogP contribution in [-0.4, -0.2) is 57.4 Å². The van der Waals surface area contributed by atoms with Crippen LogP contribution < -0.4 is 5.32 Å². The summed E-state index contributed by atoms with van der Waals surface area (Å²) in [6.07, 6.45) is 0.972. The Kier molecular flexibility index (Phi) is 5.17. The maximum absolute atomic E-state index is 11.9. The Balaban J connectivity index is 2.39. The van der Waals surface area contributed by atoms with E-state index in [1.54, 1.807) is 4.31 Å². The number of hydrogen-bond acceptors (Lipinski definition) is 4. The molecule has 1 aliphatic rings. The molecule has 0 saturated carbocycles. The van der Waals surface area contributed by atoms with Crippen LogP contribution in [0, 0.1) is 0 Å². The first-order chi connectivity index (χ1) is 7.45. The average molecular weight is 250 g/mol. The van der Waals surface area contributed by atoms with Crippen molar-refractivity contribution in [1.29, 1.82) is 0 Å². The monoisotopic (exact) mass is 250 g/mol. The van der Waals surface area contributed by atoms with Crippen molar-refractivity contribution >= 4 is 10.0 Å². The summed E-state index contributed by atoms with van der Waals surface area (Å²) in [5.74, 6) is 0.0849. The fraction of sp³-hybridized carbons (Fsp3) is 1.00. The summed E-state index contributed by atoms with van der Waals surface area (Å²) >= 11 is 0. The third-order valence-corrected chi connectivity index (χ3v) is 4.55. The zero-order valence-corrected chi connectivity index (χ0v) is 11.1. The highest BCUT2D eigenvalue weighted by atomic mass is 32.2. The van der Waals surface area contributed by atoms with E-state index in [0.717, 1.165) is 6.42 Å². The fourth-order valence-corrected chi connectivity index (χ4v) is 3.09. The van der Waals surface area contributed by atoms with E-state index in [9.17, 15) is 8.42 Å². The summed E-state index contributed by atoms with van der Waals surface area (Å²) in [5.41, 5.74) is 0. The Morgan fingerprint density at radius 3 is 2.69 bits per heavy atom. The van der Waals surface area contributed by atoms with Gasteiger partial charge in [0.2, 0.25) is 10.0 Å². The molecule has 1 rings (SSSR count). The molecule has 1 fully saturated rings. The number of sulfonamides is 1. The third-order valence-electron chi connectivity index (χ3n) is 2.75. The van der Waals surface area contributed by atoms with Crippen molar-refractivity contribution in [3.05, 3.63) is 0 Å². The van der Waals surface area contributed by atoms with E-state index in [4.69, 9.17) is 4.74 Å². The third kappa shape index (κ3) is 4.01. The van der Waals surface area contributed by atoms with Crippen molar-refractivity contribution in [2.24, 2.45) is 0 Å². The second-order valence-corrected chi connectivity index (χ2v) is 6.46. The highest BCUT2D eigenvalue weighted by Crippen LogP contribution is 2.13. The molecule has 1 saturated heterocycles. The highest BCUT2D eigenvalue weighted by Gasteiger charge is 2.30. The molecule has 16 heavy (non-hydrogen) atoms. The van der Waals surface area contributed by atoms with Gasteiger partial charge in [-0.1, -0.05) is 0 Å². The molecule has 0 aromatic rings. The molecule has 5 nitrogen and oxygen atoms in total. The van der Waals surface area contributed by atoms with Gasteiger partial charge in [-0.05, 0) is 27.3 Å². The number of rotatable bonds is 6. The van der Waals surface area contributed by atoms with Crippen LogP contribution in [-0.2, 0) is 14.8 Å². The van der Waals surface area contributed by atoms with Crippen LogP contribution in [0.1, 0.15) is 20.3 Å². The van der Waals surface area contributed by atoms with Crippen molar-refractivity contribution in [2.75, 3.05) is 32.5 Å². The van der Waals surface area contributed by atoms with Crippen LogP contribution in [0.2, 0.25) is 0 Å². The Labute approximate surface area is 98.2 Å². The molecule has 1 heterocycles. The molecule has 96 valence electrons. The molecule has 1 atom stereocenters. The predicted molar refractivity (Wildman–Crippen MR) is 63.9 cm³/mol. The zero-order chi connectivity index (χ0) is 12.2. The van der Waals surface area contributed by atoms with Crippen molar-refractivity contribution < 1.29 is 13.2 Å². The quantitative estimate of drug-likeness (QED) is 0.723. The molecule has 0 bridgehead atoms. The van der Waals surface area contributed by atoms with Gasteiger partial charge in [-0.3, -0.25) is 0 Å². The lowest BCUT2D eigenvalue weighted by Crippen LogP contribution is -2.35. The number of hydrogen-bond donors (Lipinski definition) is 1. The molecule has 0 aromatic heterocycles. The van der Waals surface area contributed by atoms with Gasteiger partial charge in [0.1, 0.15) is 0 Å². The van der Waals surface area contributed by atoms with Gasteiger partial charge in [0.25, 0.3) is 0 Å². The summed E-state index contributed by atoms with van der Waals surface area (Å²) in [6.45, 7) is 5.29. The smallest absolute Gasteiger partial charge is 0.216 e. The Morgan fingerprint density at radius 2 is 2.19 bits per heavy atom. The van der Waals surface area contributed by atoms with Crippen molar-refractivity contribution in [3.63, 3.8) is 0 Å². The topological polar surface area (TPSA) is 58.6 Å². The molecule has 0 aromatic carbocycles. The minimum absolute atomic E-state index is 0.0823. The second-order valence-electron chi connectivity index (χ2n) is 4.37. The van der Waals surface area contributed by atoms with Crippen LogP contribution >= 0.6 is 0 Å². The highest BCUT2D eigenvalue weighted by molar-refractivity contribution is 7.89. The van der Waals surface area contributed by atoms with Crippen molar-refractivity contribution in [1.82, 2.24) is 9.62 Å². The van der Waals surface area contributed by atoms with Gasteiger partial charge in [0, 0.05) is 19.1 Å². The molecular weight excluding hydrogens is 228 g/mol. The van der Waals surface area contributed by atoms with Gasteiger partial charge in [-0.25, -0.2) is 12.7 Å². The lowest BCUT2D eigenvalue weighted by atomic mass is 10.3. The molecule has 0 aliphatic carbocycles. The molecule has 6 heteroatoms. The number of ether oxygens (including phenoxy) is 1. The van der Waals surface area contributed by atoms with Crippen molar-refractivity contribution in [2.45, 2.75) is 32.4 Å². The van der Waals surface area contributed by atoms with E-state index in [-0.39, 0.29) is 18.5 Å². The maximum atomic E-state index is 11.9. The Morgan fingerprint density at radius 1 is 1.50 bits per heavy atom. The summed E-state index contributed by atoms with van der Waals surface area (Å²) < 4.78 is 30.6. The van der Waals surface area contributed by atoms with Crippen LogP contribution in [0.3, 0.4) is 0 Å². The van der Waals surface area contributed by atoms with Gasteiger partial charge >= 0.3 is 0 Å². The van der Waals surface area contributed by atoms with Crippen LogP contribution in [0.5, 0.6) is 0 Å². The lowest BCUT2D eigenvalue weighted by molar-refractivity contribution is 0.0907. The van der Waals surface area contributed by atoms with Gasteiger partial charge < -0.3 is 10.1 Å². The van der Waals surface area contributed by atoms with Crippen LogP contribution in [0.15, 0.2) is 0 Å². The summed E-state index contributed by atoms with van der Waals surface area (Å²) in [4.78, 5) is 0. The summed E-state index contributed by atoms with van der Waals surface area (Å²) in [7, 11) is -1.27. The largest absolute Gasteiger partial charge is 0.378 e. The Hall–Kier alpha value is -0.170. The second kappa shape index (κ2) is 5.95. The molecule has 0 amide bonds. The van der Waals surface area contributed by atoms with Gasteiger partial charge in [-0.15, -0.1) is 0 Å². The number of likely N-dealkylation sites (N-methyl/N-ethyl adjacent to an activating group) is 1. The van der Waals surface area contributed by atoms with E-state index >= 15 is 0 Å². The van der Waals surface area contributed by atoms with Crippen LogP contribution in [0.4, 0.5) is 0 Å². The molecule has 0 spiro atoms. The first-order valence-corrected chi connectivity index (χ1v) is 7.33. The number of nitrogens with zero attached hydrogens (tertiary/aromatic N) is 1. The molecule has 1 N–H and O–H groups in total. The summed E-state index contributed by atoms with van der Waals surface area (Å²) in [5, 5.41) is 3.10. The van der Waals surface area contributed by atoms with E-state index < -0.39 is 10.0 Å². The Bertz CT molecular complexity index is 303. The predicted octanol–water partition coefficient (Wildman–Crippen LogP) is 0.0349. The minimum Gasteiger partial charge on any atom is -0.378 e. The molecule has 1 aliphatic heterocycles. The average Bonchev–Trinajstić information content (AvgIpc) is 2.65. The van der Waals surface area contributed by atoms with E-state index in [0.29, 0.717) is 19.1 Å². The van der Waals surface area contributed by atoms with E-state index in [2.05, 4.69) is 5.32 Å². The number of nitrogens with one attached hydrogen (secondary N) is 1. The molecule has 1 unspecified atom stereocenters. The minimum atomic E-state index is -3.13. The zero-order valence-electron chi connectivity index (χ0n) is 10.3. The van der Waals surface area contributed by atoms with Gasteiger partial charge in [0.05, 0.1) is 18.5 Å². The van der Waals surface area contributed by atoms with Crippen molar-refractivity contribution in [3.8, 4) is 0 Å². The van der Waals surface area contributed by atoms with Gasteiger partial charge in [0.15, 0.2) is 0 Å². The van der Waals surface area contributed by atoms with E-state index in [1.165, 1.54) is 0 Å². The fourth-order valence-electron chi connectivity index (χ4n) is 1.73. The van der Waals surface area contributed by atoms with Gasteiger partial charge in [-0.2, -0.15) is 0 Å². The molecule has 0 radical (unpaired) electrons. The summed E-state index contributed by atoms with van der Waals surface area (Å²) in [6, 6.07) is 0.292. The normalized spacial score (nSPS) is 23.1.